The van der Waals surface area contributed by atoms with Gasteiger partial charge >= 0.3 is 0 Å². The zero-order chi connectivity index (χ0) is 26.2. The molecule has 0 bridgehead atoms. The van der Waals surface area contributed by atoms with Crippen LogP contribution in [-0.4, -0.2) is 51.8 Å². The molecule has 1 aliphatic heterocycles. The summed E-state index contributed by atoms with van der Waals surface area (Å²) in [5, 5.41) is -1.02. The summed E-state index contributed by atoms with van der Waals surface area (Å²) in [6.07, 6.45) is 1.72. The molecule has 2 aromatic rings. The normalized spacial score (nSPS) is 17.2. The summed E-state index contributed by atoms with van der Waals surface area (Å²) in [5.41, 5.74) is 7.89. The van der Waals surface area contributed by atoms with Gasteiger partial charge in [-0.25, -0.2) is 0 Å². The van der Waals surface area contributed by atoms with E-state index in [2.05, 4.69) is 13.0 Å². The fraction of sp³-hybridized carbons (Fsp3) is 0.444. The number of hydrogen-bond donors (Lipinski definition) is 1. The van der Waals surface area contributed by atoms with Crippen molar-refractivity contribution in [2.45, 2.75) is 42.7 Å². The molecule has 1 saturated heterocycles. The molecule has 1 heterocycles. The molecule has 1 unspecified atom stereocenters. The Labute approximate surface area is 217 Å². The minimum absolute atomic E-state index is 0.392. The third kappa shape index (κ3) is 6.67. The number of rotatable bonds is 12. The van der Waals surface area contributed by atoms with E-state index in [1.54, 1.807) is 20.9 Å². The number of nitrogens with two attached hydrogens (primary N) is 1. The van der Waals surface area contributed by atoms with Crippen LogP contribution in [0, 0.1) is 0 Å². The lowest BCUT2D eigenvalue weighted by Crippen LogP contribution is -2.47. The van der Waals surface area contributed by atoms with Gasteiger partial charge in [0, 0.05) is 29.7 Å². The predicted octanol–water partition coefficient (Wildman–Crippen LogP) is 6.00. The summed E-state index contributed by atoms with van der Waals surface area (Å²) in [5.74, 6) is 1.80. The first-order chi connectivity index (χ1) is 17.2. The van der Waals surface area contributed by atoms with Crippen molar-refractivity contribution in [2.75, 3.05) is 40.7 Å². The molecule has 0 saturated carbocycles. The minimum atomic E-state index is -2.97. The van der Waals surface area contributed by atoms with Gasteiger partial charge in [-0.2, -0.15) is 0 Å². The van der Waals surface area contributed by atoms with E-state index in [4.69, 9.17) is 24.7 Å². The second kappa shape index (κ2) is 12.7. The zero-order valence-electron chi connectivity index (χ0n) is 21.5. The topological polar surface area (TPSA) is 97.1 Å². The number of ether oxygens (including phenoxy) is 4. The number of benzene rings is 2. The lowest BCUT2D eigenvalue weighted by molar-refractivity contribution is -0.122. The van der Waals surface area contributed by atoms with Crippen LogP contribution in [0.25, 0.3) is 5.57 Å². The number of amides is 1. The van der Waals surface area contributed by atoms with E-state index >= 15 is 0 Å². The lowest BCUT2D eigenvalue weighted by Gasteiger charge is -2.38. The van der Waals surface area contributed by atoms with Gasteiger partial charge in [-0.15, -0.1) is 0 Å². The molecular weight excluding hydrogens is 497 g/mol. The Morgan fingerprint density at radius 2 is 1.78 bits per heavy atom. The van der Waals surface area contributed by atoms with Gasteiger partial charge in [0.2, 0.25) is 5.91 Å². The smallest absolute Gasteiger partial charge is 0.232 e. The van der Waals surface area contributed by atoms with E-state index in [1.807, 2.05) is 42.5 Å². The average molecular weight is 534 g/mol. The second-order valence-corrected chi connectivity index (χ2v) is 14.7. The number of hydrogen-bond acceptors (Lipinski definition) is 7. The third-order valence-corrected chi connectivity index (χ3v) is 12.3. The molecule has 1 atom stereocenters. The Kier molecular flexibility index (Phi) is 9.94. The van der Waals surface area contributed by atoms with Crippen LogP contribution in [0.2, 0.25) is 0 Å². The maximum atomic E-state index is 13.6. The highest BCUT2D eigenvalue weighted by molar-refractivity contribution is 8.58. The minimum Gasteiger partial charge on any atom is -0.497 e. The standard InChI is InChI=1S/C27H36NO6PS/c1-20(24-13-10-22(31-2)19-25(24)32-3)7-5-6-16-34-21-8-11-23(12-9-21)36-35(4,30)27(26(28)29)14-17-33-18-15-27/h7-13,19H,5-6,14-18H2,1-4H3,(H2,28,29)/b20-7+. The maximum Gasteiger partial charge on any atom is 0.232 e. The van der Waals surface area contributed by atoms with Crippen LogP contribution in [-0.2, 0) is 14.1 Å². The molecule has 1 aliphatic rings. The molecule has 196 valence electrons. The molecule has 0 aromatic heterocycles. The third-order valence-electron chi connectivity index (χ3n) is 6.56. The SMILES string of the molecule is COc1ccc(/C(C)=C/CCCOc2ccc(SP(C)(=O)C3(C(N)=O)CCOCC3)cc2)c(OC)c1. The number of primary amides is 1. The van der Waals surface area contributed by atoms with Crippen molar-refractivity contribution in [2.24, 2.45) is 5.73 Å². The van der Waals surface area contributed by atoms with E-state index in [-0.39, 0.29) is 0 Å². The number of methoxy groups -OCH3 is 2. The summed E-state index contributed by atoms with van der Waals surface area (Å²) < 4.78 is 35.6. The number of carbonyl (C=O) groups excluding carboxylic acids is 1. The van der Waals surface area contributed by atoms with Crippen molar-refractivity contribution in [1.29, 1.82) is 0 Å². The van der Waals surface area contributed by atoms with Crippen molar-refractivity contribution in [3.63, 3.8) is 0 Å². The molecule has 1 amide bonds. The highest BCUT2D eigenvalue weighted by Gasteiger charge is 2.51. The van der Waals surface area contributed by atoms with Crippen LogP contribution in [0.4, 0.5) is 0 Å². The van der Waals surface area contributed by atoms with Gasteiger partial charge in [0.25, 0.3) is 0 Å². The summed E-state index contributed by atoms with van der Waals surface area (Å²) in [4.78, 5) is 13.1. The Morgan fingerprint density at radius 1 is 1.11 bits per heavy atom. The summed E-state index contributed by atoms with van der Waals surface area (Å²) in [6, 6.07) is 13.3. The van der Waals surface area contributed by atoms with Crippen LogP contribution in [0.1, 0.15) is 38.2 Å². The Morgan fingerprint density at radius 3 is 2.39 bits per heavy atom. The molecule has 7 nitrogen and oxygen atoms in total. The molecule has 0 spiro atoms. The van der Waals surface area contributed by atoms with Gasteiger partial charge in [-0.05, 0) is 81.2 Å². The van der Waals surface area contributed by atoms with Crippen molar-refractivity contribution in [3.8, 4) is 17.2 Å². The molecule has 3 rings (SSSR count). The van der Waals surface area contributed by atoms with Crippen LogP contribution in [0.3, 0.4) is 0 Å². The Balaban J connectivity index is 1.51. The predicted molar refractivity (Wildman–Crippen MR) is 146 cm³/mol. The molecular formula is C27H36NO6PS. The van der Waals surface area contributed by atoms with Crippen LogP contribution in [0.15, 0.2) is 53.4 Å². The highest BCUT2D eigenvalue weighted by atomic mass is 32.7. The van der Waals surface area contributed by atoms with Crippen molar-refractivity contribution >= 4 is 29.2 Å². The molecule has 2 aromatic carbocycles. The number of carbonyl (C=O) groups is 1. The zero-order valence-corrected chi connectivity index (χ0v) is 23.2. The fourth-order valence-corrected chi connectivity index (χ4v) is 9.42. The van der Waals surface area contributed by atoms with Gasteiger partial charge in [0.15, 0.2) is 6.34 Å². The largest absolute Gasteiger partial charge is 0.497 e. The fourth-order valence-electron chi connectivity index (χ4n) is 4.27. The quantitative estimate of drug-likeness (QED) is 0.264. The summed E-state index contributed by atoms with van der Waals surface area (Å²) in [6.45, 7) is 5.10. The van der Waals surface area contributed by atoms with E-state index < -0.39 is 17.4 Å². The van der Waals surface area contributed by atoms with Gasteiger partial charge in [0.05, 0.1) is 20.8 Å². The van der Waals surface area contributed by atoms with E-state index in [0.717, 1.165) is 46.1 Å². The first-order valence-corrected chi connectivity index (χ1v) is 15.6. The van der Waals surface area contributed by atoms with Gasteiger partial charge in [-0.3, -0.25) is 4.79 Å². The first kappa shape index (κ1) is 28.2. The van der Waals surface area contributed by atoms with Crippen LogP contribution in [0.5, 0.6) is 17.2 Å². The van der Waals surface area contributed by atoms with Crippen molar-refractivity contribution in [1.82, 2.24) is 0 Å². The number of unbranched alkanes of at least 4 members (excludes halogenated alkanes) is 1. The summed E-state index contributed by atoms with van der Waals surface area (Å²) >= 11 is 1.24. The first-order valence-electron chi connectivity index (χ1n) is 12.0. The molecule has 1 fully saturated rings. The van der Waals surface area contributed by atoms with E-state index in [1.165, 1.54) is 11.4 Å². The van der Waals surface area contributed by atoms with Gasteiger partial charge in [0.1, 0.15) is 22.4 Å². The second-order valence-electron chi connectivity index (χ2n) is 8.86. The van der Waals surface area contributed by atoms with E-state index in [9.17, 15) is 9.36 Å². The maximum absolute atomic E-state index is 13.6. The van der Waals surface area contributed by atoms with Gasteiger partial charge in [-0.1, -0.05) is 17.5 Å². The monoisotopic (exact) mass is 533 g/mol. The van der Waals surface area contributed by atoms with E-state index in [0.29, 0.717) is 32.7 Å². The highest BCUT2D eigenvalue weighted by Crippen LogP contribution is 2.70. The summed E-state index contributed by atoms with van der Waals surface area (Å²) in [7, 11) is 3.29. The Bertz CT molecular complexity index is 1110. The van der Waals surface area contributed by atoms with Crippen molar-refractivity contribution < 1.29 is 28.3 Å². The molecule has 0 aliphatic carbocycles. The van der Waals surface area contributed by atoms with Gasteiger partial charge < -0.3 is 29.2 Å². The molecule has 0 radical (unpaired) electrons. The number of allylic oxidation sites excluding steroid dienone is 2. The molecule has 36 heavy (non-hydrogen) atoms. The molecule has 9 heteroatoms. The Hall–Kier alpha value is -2.41. The lowest BCUT2D eigenvalue weighted by atomic mass is 9.98. The van der Waals surface area contributed by atoms with Crippen LogP contribution < -0.4 is 19.9 Å². The van der Waals surface area contributed by atoms with Crippen molar-refractivity contribution in [3.05, 3.63) is 54.1 Å². The average Bonchev–Trinajstić information content (AvgIpc) is 2.88. The van der Waals surface area contributed by atoms with Crippen LogP contribution >= 0.6 is 17.7 Å². The molecule has 2 N–H and O–H groups in total.